The summed E-state index contributed by atoms with van der Waals surface area (Å²) >= 11 is 0. The molecule has 0 bridgehead atoms. The second kappa shape index (κ2) is 7.52. The van der Waals surface area contributed by atoms with Gasteiger partial charge in [-0.05, 0) is 46.7 Å². The standard InChI is InChI=1S/C21H26O3/c1-15(2)16-6-10-18(11-7-16)23-14-20(22)24-19-12-8-17(9-13-19)21(3,4)5/h6-13,15H,14H2,1-5H3. The number of hydrogen-bond donors (Lipinski definition) is 0. The van der Waals surface area contributed by atoms with Gasteiger partial charge in [-0.25, -0.2) is 4.79 Å². The quantitative estimate of drug-likeness (QED) is 0.567. The Balaban J connectivity index is 1.87. The van der Waals surface area contributed by atoms with E-state index in [2.05, 4.69) is 34.6 Å². The van der Waals surface area contributed by atoms with Gasteiger partial charge >= 0.3 is 5.97 Å². The molecule has 0 aliphatic rings. The van der Waals surface area contributed by atoms with Gasteiger partial charge in [-0.3, -0.25) is 0 Å². The van der Waals surface area contributed by atoms with Crippen molar-refractivity contribution in [3.63, 3.8) is 0 Å². The lowest BCUT2D eigenvalue weighted by Crippen LogP contribution is -2.18. The second-order valence-electron chi connectivity index (χ2n) is 7.26. The number of carbonyl (C=O) groups is 1. The lowest BCUT2D eigenvalue weighted by atomic mass is 9.87. The van der Waals surface area contributed by atoms with Crippen LogP contribution >= 0.6 is 0 Å². The predicted octanol–water partition coefficient (Wildman–Crippen LogP) is 5.09. The number of esters is 1. The van der Waals surface area contributed by atoms with Crippen LogP contribution in [-0.2, 0) is 10.2 Å². The Bertz CT molecular complexity index is 662. The molecule has 2 rings (SSSR count). The highest BCUT2D eigenvalue weighted by Crippen LogP contribution is 2.24. The first-order valence-corrected chi connectivity index (χ1v) is 8.29. The molecule has 128 valence electrons. The number of benzene rings is 2. The molecule has 0 spiro atoms. The van der Waals surface area contributed by atoms with Crippen molar-refractivity contribution in [2.24, 2.45) is 0 Å². The van der Waals surface area contributed by atoms with Crippen LogP contribution in [0.1, 0.15) is 51.7 Å². The summed E-state index contributed by atoms with van der Waals surface area (Å²) < 4.78 is 10.8. The van der Waals surface area contributed by atoms with Crippen LogP contribution in [0.3, 0.4) is 0 Å². The van der Waals surface area contributed by atoms with E-state index in [1.165, 1.54) is 11.1 Å². The van der Waals surface area contributed by atoms with E-state index in [0.717, 1.165) is 0 Å². The summed E-state index contributed by atoms with van der Waals surface area (Å²) in [6.07, 6.45) is 0. The number of ether oxygens (including phenoxy) is 2. The van der Waals surface area contributed by atoms with E-state index in [9.17, 15) is 4.79 Å². The number of hydrogen-bond acceptors (Lipinski definition) is 3. The maximum Gasteiger partial charge on any atom is 0.349 e. The van der Waals surface area contributed by atoms with Gasteiger partial charge in [-0.2, -0.15) is 0 Å². The third kappa shape index (κ3) is 5.12. The average Bonchev–Trinajstić information content (AvgIpc) is 2.53. The topological polar surface area (TPSA) is 35.5 Å². The fourth-order valence-corrected chi connectivity index (χ4v) is 2.28. The molecule has 0 atom stereocenters. The van der Waals surface area contributed by atoms with Crippen molar-refractivity contribution in [3.05, 3.63) is 59.7 Å². The van der Waals surface area contributed by atoms with E-state index in [1.807, 2.05) is 48.5 Å². The van der Waals surface area contributed by atoms with Crippen LogP contribution in [0.5, 0.6) is 11.5 Å². The summed E-state index contributed by atoms with van der Waals surface area (Å²) in [6.45, 7) is 10.6. The number of rotatable bonds is 5. The first kappa shape index (κ1) is 18.1. The molecule has 0 amide bonds. The van der Waals surface area contributed by atoms with Crippen LogP contribution in [-0.4, -0.2) is 12.6 Å². The van der Waals surface area contributed by atoms with Crippen LogP contribution in [0.25, 0.3) is 0 Å². The molecule has 0 fully saturated rings. The SMILES string of the molecule is CC(C)c1ccc(OCC(=O)Oc2ccc(C(C)(C)C)cc2)cc1. The van der Waals surface area contributed by atoms with Crippen LogP contribution in [0, 0.1) is 0 Å². The third-order valence-electron chi connectivity index (χ3n) is 3.86. The van der Waals surface area contributed by atoms with Crippen molar-refractivity contribution in [1.29, 1.82) is 0 Å². The van der Waals surface area contributed by atoms with Gasteiger partial charge in [0.2, 0.25) is 0 Å². The summed E-state index contributed by atoms with van der Waals surface area (Å²) in [6, 6.07) is 15.4. The second-order valence-corrected chi connectivity index (χ2v) is 7.26. The minimum absolute atomic E-state index is 0.0772. The summed E-state index contributed by atoms with van der Waals surface area (Å²) in [5.41, 5.74) is 2.51. The highest BCUT2D eigenvalue weighted by Gasteiger charge is 2.14. The van der Waals surface area contributed by atoms with Crippen molar-refractivity contribution in [3.8, 4) is 11.5 Å². The van der Waals surface area contributed by atoms with Gasteiger partial charge in [-0.1, -0.05) is 58.9 Å². The fraction of sp³-hybridized carbons (Fsp3) is 0.381. The highest BCUT2D eigenvalue weighted by atomic mass is 16.6. The zero-order valence-corrected chi connectivity index (χ0v) is 15.1. The van der Waals surface area contributed by atoms with Gasteiger partial charge in [-0.15, -0.1) is 0 Å². The Morgan fingerprint density at radius 2 is 1.46 bits per heavy atom. The maximum atomic E-state index is 11.9. The molecule has 2 aromatic rings. The van der Waals surface area contributed by atoms with Gasteiger partial charge in [0.25, 0.3) is 0 Å². The Labute approximate surface area is 144 Å². The van der Waals surface area contributed by atoms with Gasteiger partial charge in [0.1, 0.15) is 11.5 Å². The lowest BCUT2D eigenvalue weighted by Gasteiger charge is -2.19. The molecule has 0 aliphatic carbocycles. The Kier molecular flexibility index (Phi) is 5.66. The Hall–Kier alpha value is -2.29. The van der Waals surface area contributed by atoms with E-state index in [0.29, 0.717) is 17.4 Å². The van der Waals surface area contributed by atoms with E-state index in [1.54, 1.807) is 0 Å². The number of carbonyl (C=O) groups excluding carboxylic acids is 1. The van der Waals surface area contributed by atoms with E-state index in [4.69, 9.17) is 9.47 Å². The molecule has 0 aliphatic heterocycles. The molecule has 0 unspecified atom stereocenters. The molecule has 0 N–H and O–H groups in total. The normalized spacial score (nSPS) is 11.4. The molecule has 3 heteroatoms. The first-order valence-electron chi connectivity index (χ1n) is 8.29. The zero-order valence-electron chi connectivity index (χ0n) is 15.1. The maximum absolute atomic E-state index is 11.9. The minimum Gasteiger partial charge on any atom is -0.482 e. The summed E-state index contributed by atoms with van der Waals surface area (Å²) in [5.74, 6) is 1.26. The Morgan fingerprint density at radius 3 is 1.96 bits per heavy atom. The van der Waals surface area contributed by atoms with E-state index >= 15 is 0 Å². The molecular formula is C21H26O3. The van der Waals surface area contributed by atoms with Crippen molar-refractivity contribution in [1.82, 2.24) is 0 Å². The van der Waals surface area contributed by atoms with Gasteiger partial charge in [0.05, 0.1) is 0 Å². The highest BCUT2D eigenvalue weighted by molar-refractivity contribution is 5.74. The molecule has 0 saturated carbocycles. The van der Waals surface area contributed by atoms with Crippen molar-refractivity contribution in [2.45, 2.75) is 46.0 Å². The largest absolute Gasteiger partial charge is 0.482 e. The predicted molar refractivity (Wildman–Crippen MR) is 96.8 cm³/mol. The first-order chi connectivity index (χ1) is 11.3. The van der Waals surface area contributed by atoms with Crippen molar-refractivity contribution >= 4 is 5.97 Å². The monoisotopic (exact) mass is 326 g/mol. The fourth-order valence-electron chi connectivity index (χ4n) is 2.28. The summed E-state index contributed by atoms with van der Waals surface area (Å²) in [4.78, 5) is 11.9. The molecule has 2 aromatic carbocycles. The molecular weight excluding hydrogens is 300 g/mol. The van der Waals surface area contributed by atoms with E-state index in [-0.39, 0.29) is 12.0 Å². The van der Waals surface area contributed by atoms with Gasteiger partial charge < -0.3 is 9.47 Å². The molecule has 0 heterocycles. The van der Waals surface area contributed by atoms with Gasteiger partial charge in [0, 0.05) is 0 Å². The van der Waals surface area contributed by atoms with Crippen LogP contribution in [0.4, 0.5) is 0 Å². The van der Waals surface area contributed by atoms with Crippen molar-refractivity contribution < 1.29 is 14.3 Å². The summed E-state index contributed by atoms with van der Waals surface area (Å²) in [7, 11) is 0. The third-order valence-corrected chi connectivity index (χ3v) is 3.86. The molecule has 0 aromatic heterocycles. The lowest BCUT2D eigenvalue weighted by molar-refractivity contribution is -0.136. The summed E-state index contributed by atoms with van der Waals surface area (Å²) in [5, 5.41) is 0. The molecule has 24 heavy (non-hydrogen) atoms. The van der Waals surface area contributed by atoms with Crippen LogP contribution < -0.4 is 9.47 Å². The van der Waals surface area contributed by atoms with E-state index < -0.39 is 5.97 Å². The van der Waals surface area contributed by atoms with Crippen LogP contribution in [0.15, 0.2) is 48.5 Å². The smallest absolute Gasteiger partial charge is 0.349 e. The molecule has 3 nitrogen and oxygen atoms in total. The van der Waals surface area contributed by atoms with Crippen LogP contribution in [0.2, 0.25) is 0 Å². The van der Waals surface area contributed by atoms with Crippen molar-refractivity contribution in [2.75, 3.05) is 6.61 Å². The molecule has 0 saturated heterocycles. The average molecular weight is 326 g/mol. The Morgan fingerprint density at radius 1 is 0.917 bits per heavy atom. The molecule has 0 radical (unpaired) electrons. The van der Waals surface area contributed by atoms with Gasteiger partial charge in [0.15, 0.2) is 6.61 Å². The zero-order chi connectivity index (χ0) is 17.7. The minimum atomic E-state index is -0.411.